The molecule has 0 bridgehead atoms. The van der Waals surface area contributed by atoms with Gasteiger partial charge in [-0.05, 0) is 48.2 Å². The summed E-state index contributed by atoms with van der Waals surface area (Å²) >= 11 is 0. The molecule has 6 heteroatoms. The van der Waals surface area contributed by atoms with E-state index in [2.05, 4.69) is 20.9 Å². The zero-order valence-electron chi connectivity index (χ0n) is 15.7. The van der Waals surface area contributed by atoms with E-state index in [1.54, 1.807) is 32.3 Å². The molecule has 142 valence electrons. The van der Waals surface area contributed by atoms with Crippen LogP contribution in [0.2, 0.25) is 0 Å². The van der Waals surface area contributed by atoms with E-state index >= 15 is 0 Å². The fraction of sp³-hybridized carbons (Fsp3) is 0.333. The van der Waals surface area contributed by atoms with Crippen molar-refractivity contribution in [3.05, 3.63) is 71.0 Å². The highest BCUT2D eigenvalue weighted by Gasteiger charge is 2.44. The standard InChI is InChI=1S/C21H25FN4O/c1-23-19(27)16-6-3-5-15(11-16)13-25-20(24-2)26-14-21(9-10-21)17-7-4-8-18(22)12-17/h3-8,11-12H,9-10,13-14H2,1-2H3,(H,23,27)(H2,24,25,26). The van der Waals surface area contributed by atoms with Crippen molar-refractivity contribution in [3.63, 3.8) is 0 Å². The molecular formula is C21H25FN4O. The van der Waals surface area contributed by atoms with E-state index in [1.807, 2.05) is 24.3 Å². The van der Waals surface area contributed by atoms with Gasteiger partial charge < -0.3 is 16.0 Å². The first kappa shape index (κ1) is 18.9. The minimum Gasteiger partial charge on any atom is -0.356 e. The molecule has 0 saturated heterocycles. The number of benzene rings is 2. The smallest absolute Gasteiger partial charge is 0.251 e. The maximum atomic E-state index is 13.5. The molecular weight excluding hydrogens is 343 g/mol. The number of rotatable bonds is 6. The number of carbonyl (C=O) groups excluding carboxylic acids is 1. The lowest BCUT2D eigenvalue weighted by Crippen LogP contribution is -2.40. The molecule has 2 aromatic carbocycles. The molecule has 5 nitrogen and oxygen atoms in total. The van der Waals surface area contributed by atoms with Crippen LogP contribution < -0.4 is 16.0 Å². The maximum absolute atomic E-state index is 13.5. The number of nitrogens with zero attached hydrogens (tertiary/aromatic N) is 1. The van der Waals surface area contributed by atoms with Crippen LogP contribution in [0, 0.1) is 5.82 Å². The van der Waals surface area contributed by atoms with Crippen LogP contribution in [0.25, 0.3) is 0 Å². The van der Waals surface area contributed by atoms with Crippen molar-refractivity contribution in [2.75, 3.05) is 20.6 Å². The number of amides is 1. The Hall–Kier alpha value is -2.89. The number of carbonyl (C=O) groups is 1. The maximum Gasteiger partial charge on any atom is 0.251 e. The molecule has 1 fully saturated rings. The van der Waals surface area contributed by atoms with Crippen molar-refractivity contribution in [3.8, 4) is 0 Å². The van der Waals surface area contributed by atoms with E-state index in [4.69, 9.17) is 0 Å². The molecule has 0 unspecified atom stereocenters. The predicted octanol–water partition coefficient (Wildman–Crippen LogP) is 2.58. The van der Waals surface area contributed by atoms with Crippen LogP contribution in [0.4, 0.5) is 4.39 Å². The molecule has 0 aromatic heterocycles. The van der Waals surface area contributed by atoms with Gasteiger partial charge in [-0.15, -0.1) is 0 Å². The molecule has 3 rings (SSSR count). The number of halogens is 1. The van der Waals surface area contributed by atoms with Gasteiger partial charge in [0.05, 0.1) is 0 Å². The summed E-state index contributed by atoms with van der Waals surface area (Å²) in [5.74, 6) is 0.380. The highest BCUT2D eigenvalue weighted by atomic mass is 19.1. The van der Waals surface area contributed by atoms with Gasteiger partial charge in [0.15, 0.2) is 5.96 Å². The normalized spacial score (nSPS) is 15.1. The Morgan fingerprint density at radius 1 is 1.15 bits per heavy atom. The second-order valence-electron chi connectivity index (χ2n) is 6.85. The number of aliphatic imine (C=N–C) groups is 1. The first-order valence-electron chi connectivity index (χ1n) is 9.08. The average molecular weight is 368 g/mol. The lowest BCUT2D eigenvalue weighted by atomic mass is 9.96. The summed E-state index contributed by atoms with van der Waals surface area (Å²) in [6.45, 7) is 1.26. The predicted molar refractivity (Wildman–Crippen MR) is 105 cm³/mol. The molecule has 0 aliphatic heterocycles. The van der Waals surface area contributed by atoms with Crippen LogP contribution in [-0.4, -0.2) is 32.5 Å². The zero-order valence-corrected chi connectivity index (χ0v) is 15.7. The first-order valence-corrected chi connectivity index (χ1v) is 9.08. The van der Waals surface area contributed by atoms with Gasteiger partial charge >= 0.3 is 0 Å². The van der Waals surface area contributed by atoms with Crippen molar-refractivity contribution in [1.82, 2.24) is 16.0 Å². The minimum atomic E-state index is -0.197. The molecule has 1 amide bonds. The average Bonchev–Trinajstić information content (AvgIpc) is 3.49. The summed E-state index contributed by atoms with van der Waals surface area (Å²) in [5, 5.41) is 9.24. The molecule has 1 saturated carbocycles. The van der Waals surface area contributed by atoms with E-state index in [0.29, 0.717) is 24.6 Å². The van der Waals surface area contributed by atoms with Gasteiger partial charge in [0.2, 0.25) is 0 Å². The highest BCUT2D eigenvalue weighted by molar-refractivity contribution is 5.94. The van der Waals surface area contributed by atoms with Gasteiger partial charge in [0, 0.05) is 38.2 Å². The third-order valence-electron chi connectivity index (χ3n) is 4.98. The zero-order chi connectivity index (χ0) is 19.3. The van der Waals surface area contributed by atoms with E-state index in [1.165, 1.54) is 6.07 Å². The number of guanidine groups is 1. The minimum absolute atomic E-state index is 0.0150. The van der Waals surface area contributed by atoms with Crippen LogP contribution >= 0.6 is 0 Å². The monoisotopic (exact) mass is 368 g/mol. The molecule has 3 N–H and O–H groups in total. The molecule has 27 heavy (non-hydrogen) atoms. The summed E-state index contributed by atoms with van der Waals surface area (Å²) in [6, 6.07) is 14.3. The van der Waals surface area contributed by atoms with Crippen LogP contribution in [0.1, 0.15) is 34.3 Å². The van der Waals surface area contributed by atoms with Crippen LogP contribution in [0.15, 0.2) is 53.5 Å². The van der Waals surface area contributed by atoms with Gasteiger partial charge in [0.1, 0.15) is 5.82 Å². The second-order valence-corrected chi connectivity index (χ2v) is 6.85. The fourth-order valence-corrected chi connectivity index (χ4v) is 3.16. The van der Waals surface area contributed by atoms with Crippen LogP contribution in [0.3, 0.4) is 0 Å². The summed E-state index contributed by atoms with van der Waals surface area (Å²) in [7, 11) is 3.34. The summed E-state index contributed by atoms with van der Waals surface area (Å²) in [4.78, 5) is 16.0. The van der Waals surface area contributed by atoms with E-state index in [0.717, 1.165) is 24.0 Å². The number of hydrogen-bond acceptors (Lipinski definition) is 2. The SMILES string of the molecule is CN=C(NCc1cccc(C(=O)NC)c1)NCC1(c2cccc(F)c2)CC1. The summed E-state index contributed by atoms with van der Waals surface area (Å²) in [6.07, 6.45) is 2.07. The molecule has 0 spiro atoms. The van der Waals surface area contributed by atoms with Crippen LogP contribution in [0.5, 0.6) is 0 Å². The van der Waals surface area contributed by atoms with Crippen molar-refractivity contribution in [2.45, 2.75) is 24.8 Å². The summed E-state index contributed by atoms with van der Waals surface area (Å²) in [5.41, 5.74) is 2.63. The molecule has 1 aliphatic rings. The topological polar surface area (TPSA) is 65.5 Å². The number of hydrogen-bond donors (Lipinski definition) is 3. The molecule has 1 aliphatic carbocycles. The third kappa shape index (κ3) is 4.64. The van der Waals surface area contributed by atoms with E-state index in [9.17, 15) is 9.18 Å². The Kier molecular flexibility index (Phi) is 5.74. The van der Waals surface area contributed by atoms with Gasteiger partial charge in [0.25, 0.3) is 5.91 Å². The first-order chi connectivity index (χ1) is 13.1. The van der Waals surface area contributed by atoms with Crippen molar-refractivity contribution < 1.29 is 9.18 Å². The molecule has 0 atom stereocenters. The quantitative estimate of drug-likeness (QED) is 0.542. The highest BCUT2D eigenvalue weighted by Crippen LogP contribution is 2.47. The van der Waals surface area contributed by atoms with Gasteiger partial charge in [-0.2, -0.15) is 0 Å². The Bertz CT molecular complexity index is 846. The van der Waals surface area contributed by atoms with Crippen LogP contribution in [-0.2, 0) is 12.0 Å². The van der Waals surface area contributed by atoms with Crippen molar-refractivity contribution in [2.24, 2.45) is 4.99 Å². The molecule has 0 radical (unpaired) electrons. The van der Waals surface area contributed by atoms with Gasteiger partial charge in [-0.25, -0.2) is 4.39 Å². The lowest BCUT2D eigenvalue weighted by Gasteiger charge is -2.19. The molecule has 0 heterocycles. The van der Waals surface area contributed by atoms with E-state index < -0.39 is 0 Å². The Labute approximate surface area is 159 Å². The van der Waals surface area contributed by atoms with Gasteiger partial charge in [-0.3, -0.25) is 9.79 Å². The second kappa shape index (κ2) is 8.20. The Morgan fingerprint density at radius 2 is 1.93 bits per heavy atom. The molecule has 2 aromatic rings. The summed E-state index contributed by atoms with van der Waals surface area (Å²) < 4.78 is 13.5. The number of nitrogens with one attached hydrogen (secondary N) is 3. The van der Waals surface area contributed by atoms with Crippen molar-refractivity contribution in [1.29, 1.82) is 0 Å². The van der Waals surface area contributed by atoms with Crippen molar-refractivity contribution >= 4 is 11.9 Å². The Balaban J connectivity index is 1.57. The largest absolute Gasteiger partial charge is 0.356 e. The third-order valence-corrected chi connectivity index (χ3v) is 4.98. The Morgan fingerprint density at radius 3 is 2.59 bits per heavy atom. The van der Waals surface area contributed by atoms with Gasteiger partial charge in [-0.1, -0.05) is 24.3 Å². The van der Waals surface area contributed by atoms with E-state index in [-0.39, 0.29) is 17.1 Å². The lowest BCUT2D eigenvalue weighted by molar-refractivity contribution is 0.0963. The fourth-order valence-electron chi connectivity index (χ4n) is 3.16.